The maximum atomic E-state index is 12.5. The standard InChI is InChI=1S/C18H23F3N4S/c1-13(14-6-4-3-5-7-14)8-10-23-17(22-2)24-11-9-16-25-15(12-26-16)18(19,20)21/h3-7,12-13H,8-11H2,1-2H3,(H2,22,23,24). The van der Waals surface area contributed by atoms with Crippen LogP contribution in [0.15, 0.2) is 40.7 Å². The summed E-state index contributed by atoms with van der Waals surface area (Å²) in [5.41, 5.74) is 0.469. The lowest BCUT2D eigenvalue weighted by molar-refractivity contribution is -0.140. The lowest BCUT2D eigenvalue weighted by Crippen LogP contribution is -2.39. The van der Waals surface area contributed by atoms with E-state index in [1.54, 1.807) is 7.05 Å². The number of aliphatic imine (C=N–C) groups is 1. The third kappa shape index (κ3) is 6.33. The van der Waals surface area contributed by atoms with Crippen LogP contribution in [0.1, 0.15) is 35.5 Å². The summed E-state index contributed by atoms with van der Waals surface area (Å²) in [6.07, 6.45) is -3.01. The molecule has 1 aromatic heterocycles. The van der Waals surface area contributed by atoms with Gasteiger partial charge in [-0.2, -0.15) is 13.2 Å². The summed E-state index contributed by atoms with van der Waals surface area (Å²) < 4.78 is 37.6. The Kier molecular flexibility index (Phi) is 7.44. The first-order valence-electron chi connectivity index (χ1n) is 8.41. The van der Waals surface area contributed by atoms with Crippen LogP contribution in [0, 0.1) is 0 Å². The first kappa shape index (κ1) is 20.2. The average molecular weight is 384 g/mol. The van der Waals surface area contributed by atoms with Gasteiger partial charge < -0.3 is 10.6 Å². The predicted octanol–water partition coefficient (Wildman–Crippen LogP) is 4.06. The van der Waals surface area contributed by atoms with Gasteiger partial charge >= 0.3 is 6.18 Å². The van der Waals surface area contributed by atoms with E-state index in [2.05, 4.69) is 39.7 Å². The Balaban J connectivity index is 1.70. The molecule has 8 heteroatoms. The highest BCUT2D eigenvalue weighted by Crippen LogP contribution is 2.30. The molecule has 0 saturated heterocycles. The van der Waals surface area contributed by atoms with Crippen LogP contribution in [0.2, 0.25) is 0 Å². The third-order valence-electron chi connectivity index (χ3n) is 3.94. The lowest BCUT2D eigenvalue weighted by atomic mass is 9.98. The van der Waals surface area contributed by atoms with Crippen LogP contribution in [0.3, 0.4) is 0 Å². The molecule has 142 valence electrons. The van der Waals surface area contributed by atoms with E-state index >= 15 is 0 Å². The molecule has 1 unspecified atom stereocenters. The zero-order chi connectivity index (χ0) is 19.0. The fourth-order valence-electron chi connectivity index (χ4n) is 2.42. The van der Waals surface area contributed by atoms with Crippen molar-refractivity contribution >= 4 is 17.3 Å². The molecule has 1 atom stereocenters. The van der Waals surface area contributed by atoms with E-state index in [1.165, 1.54) is 5.56 Å². The molecule has 0 spiro atoms. The quantitative estimate of drug-likeness (QED) is 0.559. The lowest BCUT2D eigenvalue weighted by Gasteiger charge is -2.15. The molecule has 0 bridgehead atoms. The molecule has 0 saturated carbocycles. The minimum absolute atomic E-state index is 0.419. The Bertz CT molecular complexity index is 698. The summed E-state index contributed by atoms with van der Waals surface area (Å²) in [4.78, 5) is 7.75. The molecule has 0 radical (unpaired) electrons. The molecule has 0 aliphatic carbocycles. The van der Waals surface area contributed by atoms with Crippen molar-refractivity contribution in [2.45, 2.75) is 31.9 Å². The second kappa shape index (κ2) is 9.56. The van der Waals surface area contributed by atoms with Crippen LogP contribution in [0.4, 0.5) is 13.2 Å². The number of guanidine groups is 1. The monoisotopic (exact) mass is 384 g/mol. The highest BCUT2D eigenvalue weighted by molar-refractivity contribution is 7.09. The molecular formula is C18H23F3N4S. The maximum absolute atomic E-state index is 12.5. The molecule has 0 aliphatic heterocycles. The summed E-state index contributed by atoms with van der Waals surface area (Å²) in [7, 11) is 1.67. The number of thiazole rings is 1. The summed E-state index contributed by atoms with van der Waals surface area (Å²) in [5, 5.41) is 7.84. The topological polar surface area (TPSA) is 49.3 Å². The Morgan fingerprint density at radius 1 is 1.19 bits per heavy atom. The number of nitrogens with zero attached hydrogens (tertiary/aromatic N) is 2. The number of nitrogens with one attached hydrogen (secondary N) is 2. The molecule has 0 fully saturated rings. The first-order chi connectivity index (χ1) is 12.4. The third-order valence-corrected chi connectivity index (χ3v) is 4.84. The van der Waals surface area contributed by atoms with Gasteiger partial charge in [-0.3, -0.25) is 4.99 Å². The highest BCUT2D eigenvalue weighted by atomic mass is 32.1. The minimum Gasteiger partial charge on any atom is -0.356 e. The molecule has 1 aromatic carbocycles. The second-order valence-electron chi connectivity index (χ2n) is 5.90. The Labute approximate surface area is 155 Å². The van der Waals surface area contributed by atoms with E-state index in [4.69, 9.17) is 0 Å². The van der Waals surface area contributed by atoms with Crippen LogP contribution in [-0.4, -0.2) is 31.1 Å². The van der Waals surface area contributed by atoms with Crippen molar-refractivity contribution in [3.8, 4) is 0 Å². The second-order valence-corrected chi connectivity index (χ2v) is 6.84. The van der Waals surface area contributed by atoms with Gasteiger partial charge in [0.25, 0.3) is 0 Å². The first-order valence-corrected chi connectivity index (χ1v) is 9.29. The number of halogens is 3. The molecule has 0 amide bonds. The Morgan fingerprint density at radius 2 is 1.88 bits per heavy atom. The zero-order valence-electron chi connectivity index (χ0n) is 14.8. The fourth-order valence-corrected chi connectivity index (χ4v) is 3.22. The predicted molar refractivity (Wildman–Crippen MR) is 99.7 cm³/mol. The van der Waals surface area contributed by atoms with Gasteiger partial charge in [-0.25, -0.2) is 4.98 Å². The number of hydrogen-bond donors (Lipinski definition) is 2. The summed E-state index contributed by atoms with van der Waals surface area (Å²) in [6.45, 7) is 3.40. The van der Waals surface area contributed by atoms with Gasteiger partial charge in [0.1, 0.15) is 0 Å². The van der Waals surface area contributed by atoms with Gasteiger partial charge in [-0.05, 0) is 17.9 Å². The molecule has 2 aromatic rings. The van der Waals surface area contributed by atoms with Crippen molar-refractivity contribution in [1.82, 2.24) is 15.6 Å². The van der Waals surface area contributed by atoms with Crippen molar-refractivity contribution in [2.24, 2.45) is 4.99 Å². The summed E-state index contributed by atoms with van der Waals surface area (Å²) in [6, 6.07) is 10.3. The normalized spacial score (nSPS) is 13.5. The van der Waals surface area contributed by atoms with E-state index in [-0.39, 0.29) is 0 Å². The number of aromatic nitrogens is 1. The molecule has 2 rings (SSSR count). The molecular weight excluding hydrogens is 361 g/mol. The van der Waals surface area contributed by atoms with Crippen molar-refractivity contribution in [1.29, 1.82) is 0 Å². The van der Waals surface area contributed by atoms with Crippen molar-refractivity contribution < 1.29 is 13.2 Å². The van der Waals surface area contributed by atoms with Crippen molar-refractivity contribution in [3.05, 3.63) is 52.0 Å². The SMILES string of the molecule is CN=C(NCCc1nc(C(F)(F)F)cs1)NCCC(C)c1ccccc1. The molecule has 4 nitrogen and oxygen atoms in total. The smallest absolute Gasteiger partial charge is 0.356 e. The molecule has 0 aliphatic rings. The van der Waals surface area contributed by atoms with E-state index in [0.717, 1.165) is 29.7 Å². The van der Waals surface area contributed by atoms with Gasteiger partial charge in [-0.15, -0.1) is 11.3 Å². The summed E-state index contributed by atoms with van der Waals surface area (Å²) in [5.74, 6) is 1.07. The molecule has 1 heterocycles. The van der Waals surface area contributed by atoms with E-state index < -0.39 is 11.9 Å². The summed E-state index contributed by atoms with van der Waals surface area (Å²) >= 11 is 1.02. The van der Waals surface area contributed by atoms with Crippen LogP contribution in [0.25, 0.3) is 0 Å². The maximum Gasteiger partial charge on any atom is 0.434 e. The van der Waals surface area contributed by atoms with Gasteiger partial charge in [0, 0.05) is 31.9 Å². The van der Waals surface area contributed by atoms with Gasteiger partial charge in [0.15, 0.2) is 11.7 Å². The molecule has 26 heavy (non-hydrogen) atoms. The van der Waals surface area contributed by atoms with Crippen molar-refractivity contribution in [3.63, 3.8) is 0 Å². The molecule has 2 N–H and O–H groups in total. The number of hydrogen-bond acceptors (Lipinski definition) is 3. The van der Waals surface area contributed by atoms with Crippen molar-refractivity contribution in [2.75, 3.05) is 20.1 Å². The van der Waals surface area contributed by atoms with Gasteiger partial charge in [0.05, 0.1) is 5.01 Å². The average Bonchev–Trinajstić information content (AvgIpc) is 3.10. The fraction of sp³-hybridized carbons (Fsp3) is 0.444. The van der Waals surface area contributed by atoms with E-state index in [9.17, 15) is 13.2 Å². The minimum atomic E-state index is -4.38. The largest absolute Gasteiger partial charge is 0.434 e. The van der Waals surface area contributed by atoms with E-state index in [1.807, 2.05) is 18.2 Å². The Hall–Kier alpha value is -2.09. The van der Waals surface area contributed by atoms with Crippen LogP contribution in [0.5, 0.6) is 0 Å². The zero-order valence-corrected chi connectivity index (χ0v) is 15.6. The number of alkyl halides is 3. The van der Waals surface area contributed by atoms with E-state index in [0.29, 0.717) is 29.9 Å². The Morgan fingerprint density at radius 3 is 2.50 bits per heavy atom. The number of rotatable bonds is 7. The van der Waals surface area contributed by atoms with Crippen LogP contribution >= 0.6 is 11.3 Å². The van der Waals surface area contributed by atoms with Crippen LogP contribution in [-0.2, 0) is 12.6 Å². The van der Waals surface area contributed by atoms with Gasteiger partial charge in [0.2, 0.25) is 0 Å². The highest BCUT2D eigenvalue weighted by Gasteiger charge is 2.33. The van der Waals surface area contributed by atoms with Gasteiger partial charge in [-0.1, -0.05) is 37.3 Å². The van der Waals surface area contributed by atoms with Crippen LogP contribution < -0.4 is 10.6 Å². The number of benzene rings is 1.